The Bertz CT molecular complexity index is 1000. The molecule has 2 heterocycles. The first-order valence-electron chi connectivity index (χ1n) is 10.8. The number of aromatic nitrogens is 3. The number of ether oxygens (including phenoxy) is 1. The largest absolute Gasteiger partial charge is 0.376 e. The summed E-state index contributed by atoms with van der Waals surface area (Å²) in [6.07, 6.45) is 3.89. The van der Waals surface area contributed by atoms with Crippen LogP contribution in [0.2, 0.25) is 0 Å². The first-order valence-corrected chi connectivity index (χ1v) is 11.7. The summed E-state index contributed by atoms with van der Waals surface area (Å²) in [5, 5.41) is 12.6. The van der Waals surface area contributed by atoms with Crippen LogP contribution in [0.15, 0.2) is 59.8 Å². The smallest absolute Gasteiger partial charge is 0.230 e. The third-order valence-electron chi connectivity index (χ3n) is 5.32. The van der Waals surface area contributed by atoms with Crippen LogP contribution < -0.4 is 5.32 Å². The number of aryl methyl sites for hydroxylation is 3. The summed E-state index contributed by atoms with van der Waals surface area (Å²) in [7, 11) is 0. The summed E-state index contributed by atoms with van der Waals surface area (Å²) in [5.74, 6) is 1.19. The Labute approximate surface area is 187 Å². The van der Waals surface area contributed by atoms with Crippen molar-refractivity contribution in [1.29, 1.82) is 0 Å². The van der Waals surface area contributed by atoms with Gasteiger partial charge in [0, 0.05) is 25.3 Å². The molecule has 0 radical (unpaired) electrons. The number of hydrogen-bond acceptors (Lipinski definition) is 5. The van der Waals surface area contributed by atoms with Gasteiger partial charge in [0.05, 0.1) is 11.9 Å². The zero-order valence-electron chi connectivity index (χ0n) is 17.8. The Morgan fingerprint density at radius 3 is 2.81 bits per heavy atom. The van der Waals surface area contributed by atoms with Crippen LogP contribution >= 0.6 is 11.8 Å². The van der Waals surface area contributed by atoms with E-state index in [4.69, 9.17) is 4.74 Å². The first kappa shape index (κ1) is 21.6. The van der Waals surface area contributed by atoms with Gasteiger partial charge >= 0.3 is 0 Å². The fourth-order valence-electron chi connectivity index (χ4n) is 3.70. The lowest BCUT2D eigenvalue weighted by Crippen LogP contribution is -2.32. The van der Waals surface area contributed by atoms with Crippen molar-refractivity contribution < 1.29 is 9.53 Å². The van der Waals surface area contributed by atoms with E-state index in [-0.39, 0.29) is 12.0 Å². The molecular weight excluding hydrogens is 408 g/mol. The third kappa shape index (κ3) is 5.95. The molecule has 0 spiro atoms. The number of rotatable bonds is 9. The van der Waals surface area contributed by atoms with Gasteiger partial charge in [0.15, 0.2) is 5.16 Å². The standard InChI is InChI=1S/C24H28N4O2S/c1-18-7-5-10-20(15-18)28-22(13-12-19-8-3-2-4-9-19)26-27-24(28)31-17-23(29)25-16-21-11-6-14-30-21/h2-5,7-10,15,21H,6,11-14,16-17H2,1H3,(H,25,29)/t21-/m1/s1. The molecule has 1 aliphatic heterocycles. The van der Waals surface area contributed by atoms with E-state index >= 15 is 0 Å². The van der Waals surface area contributed by atoms with Gasteiger partial charge < -0.3 is 10.1 Å². The Hall–Kier alpha value is -2.64. The maximum atomic E-state index is 12.3. The highest BCUT2D eigenvalue weighted by Gasteiger charge is 2.18. The zero-order valence-corrected chi connectivity index (χ0v) is 18.6. The fraction of sp³-hybridized carbons (Fsp3) is 0.375. The van der Waals surface area contributed by atoms with Gasteiger partial charge in [-0.05, 0) is 49.4 Å². The highest BCUT2D eigenvalue weighted by molar-refractivity contribution is 7.99. The monoisotopic (exact) mass is 436 g/mol. The van der Waals surface area contributed by atoms with E-state index in [1.165, 1.54) is 22.9 Å². The molecule has 0 saturated carbocycles. The van der Waals surface area contributed by atoms with E-state index in [9.17, 15) is 4.79 Å². The number of nitrogens with zero attached hydrogens (tertiary/aromatic N) is 3. The Morgan fingerprint density at radius 2 is 2.03 bits per heavy atom. The first-order chi connectivity index (χ1) is 15.2. The van der Waals surface area contributed by atoms with Crippen molar-refractivity contribution in [3.05, 3.63) is 71.5 Å². The van der Waals surface area contributed by atoms with Gasteiger partial charge in [0.25, 0.3) is 0 Å². The predicted octanol–water partition coefficient (Wildman–Crippen LogP) is 3.75. The summed E-state index contributed by atoms with van der Waals surface area (Å²) in [6, 6.07) is 18.7. The van der Waals surface area contributed by atoms with Gasteiger partial charge in [-0.2, -0.15) is 0 Å². The molecule has 162 valence electrons. The van der Waals surface area contributed by atoms with Gasteiger partial charge in [0.1, 0.15) is 5.82 Å². The quantitative estimate of drug-likeness (QED) is 0.518. The second-order valence-electron chi connectivity index (χ2n) is 7.79. The van der Waals surface area contributed by atoms with Crippen LogP contribution in [0, 0.1) is 6.92 Å². The average Bonchev–Trinajstić information content (AvgIpc) is 3.45. The van der Waals surface area contributed by atoms with Crippen molar-refractivity contribution in [3.8, 4) is 5.69 Å². The molecule has 0 aliphatic carbocycles. The molecule has 3 aromatic rings. The van der Waals surface area contributed by atoms with Gasteiger partial charge in [0.2, 0.25) is 5.91 Å². The molecular formula is C24H28N4O2S. The normalized spacial score (nSPS) is 15.8. The number of hydrogen-bond donors (Lipinski definition) is 1. The van der Waals surface area contributed by atoms with Crippen LogP contribution in [0.25, 0.3) is 5.69 Å². The van der Waals surface area contributed by atoms with Crippen LogP contribution in [0.5, 0.6) is 0 Å². The van der Waals surface area contributed by atoms with E-state index in [1.807, 2.05) is 12.1 Å². The number of nitrogens with one attached hydrogen (secondary N) is 1. The number of carbonyl (C=O) groups excluding carboxylic acids is 1. The average molecular weight is 437 g/mol. The van der Waals surface area contributed by atoms with Crippen molar-refractivity contribution in [1.82, 2.24) is 20.1 Å². The van der Waals surface area contributed by atoms with E-state index in [1.54, 1.807) is 0 Å². The van der Waals surface area contributed by atoms with Crippen LogP contribution in [-0.2, 0) is 22.4 Å². The maximum Gasteiger partial charge on any atom is 0.230 e. The Morgan fingerprint density at radius 1 is 1.16 bits per heavy atom. The van der Waals surface area contributed by atoms with Gasteiger partial charge in [-0.15, -0.1) is 10.2 Å². The molecule has 0 bridgehead atoms. The summed E-state index contributed by atoms with van der Waals surface area (Å²) in [5.41, 5.74) is 3.46. The molecule has 1 fully saturated rings. The number of thioether (sulfide) groups is 1. The zero-order chi connectivity index (χ0) is 21.5. The minimum atomic E-state index is -0.00914. The van der Waals surface area contributed by atoms with E-state index in [2.05, 4.69) is 69.5 Å². The molecule has 1 aliphatic rings. The molecule has 1 saturated heterocycles. The summed E-state index contributed by atoms with van der Waals surface area (Å²) in [6.45, 7) is 3.44. The summed E-state index contributed by atoms with van der Waals surface area (Å²) >= 11 is 1.42. The molecule has 1 aromatic heterocycles. The molecule has 6 nitrogen and oxygen atoms in total. The molecule has 4 rings (SSSR count). The highest BCUT2D eigenvalue weighted by Crippen LogP contribution is 2.23. The van der Waals surface area contributed by atoms with E-state index in [0.29, 0.717) is 12.3 Å². The molecule has 31 heavy (non-hydrogen) atoms. The second-order valence-corrected chi connectivity index (χ2v) is 8.73. The molecule has 0 unspecified atom stereocenters. The van der Waals surface area contributed by atoms with Gasteiger partial charge in [-0.25, -0.2) is 0 Å². The Balaban J connectivity index is 1.45. The van der Waals surface area contributed by atoms with Crippen LogP contribution in [-0.4, -0.2) is 45.7 Å². The number of benzene rings is 2. The predicted molar refractivity (Wildman–Crippen MR) is 123 cm³/mol. The summed E-state index contributed by atoms with van der Waals surface area (Å²) < 4.78 is 7.65. The molecule has 2 aromatic carbocycles. The van der Waals surface area contributed by atoms with E-state index in [0.717, 1.165) is 49.0 Å². The molecule has 1 amide bonds. The van der Waals surface area contributed by atoms with Crippen LogP contribution in [0.4, 0.5) is 0 Å². The lowest BCUT2D eigenvalue weighted by atomic mass is 10.1. The van der Waals surface area contributed by atoms with Crippen LogP contribution in [0.3, 0.4) is 0 Å². The van der Waals surface area contributed by atoms with Crippen molar-refractivity contribution in [3.63, 3.8) is 0 Å². The van der Waals surface area contributed by atoms with Crippen LogP contribution in [0.1, 0.15) is 29.8 Å². The SMILES string of the molecule is Cc1cccc(-n2c(CCc3ccccc3)nnc2SCC(=O)NC[C@H]2CCCO2)c1. The maximum absolute atomic E-state index is 12.3. The lowest BCUT2D eigenvalue weighted by Gasteiger charge is -2.12. The minimum Gasteiger partial charge on any atom is -0.376 e. The van der Waals surface area contributed by atoms with Gasteiger partial charge in [-0.1, -0.05) is 54.2 Å². The Kier molecular flexibility index (Phi) is 7.38. The van der Waals surface area contributed by atoms with Crippen molar-refractivity contribution in [2.24, 2.45) is 0 Å². The van der Waals surface area contributed by atoms with Crippen molar-refractivity contribution in [2.45, 2.75) is 43.9 Å². The molecule has 1 atom stereocenters. The second kappa shape index (κ2) is 10.6. The van der Waals surface area contributed by atoms with E-state index < -0.39 is 0 Å². The van der Waals surface area contributed by atoms with Gasteiger partial charge in [-0.3, -0.25) is 9.36 Å². The third-order valence-corrected chi connectivity index (χ3v) is 6.25. The summed E-state index contributed by atoms with van der Waals surface area (Å²) in [4.78, 5) is 12.3. The van der Waals surface area contributed by atoms with Crippen molar-refractivity contribution >= 4 is 17.7 Å². The molecule has 7 heteroatoms. The van der Waals surface area contributed by atoms with Crippen molar-refractivity contribution in [2.75, 3.05) is 18.9 Å². The number of amides is 1. The minimum absolute atomic E-state index is 0.00914. The topological polar surface area (TPSA) is 69.0 Å². The number of carbonyl (C=O) groups is 1. The molecule has 1 N–H and O–H groups in total. The lowest BCUT2D eigenvalue weighted by molar-refractivity contribution is -0.119. The highest BCUT2D eigenvalue weighted by atomic mass is 32.2. The fourth-order valence-corrected chi connectivity index (χ4v) is 4.50.